The maximum atomic E-state index is 11.8. The zero-order valence-corrected chi connectivity index (χ0v) is 10.3. The highest BCUT2D eigenvalue weighted by molar-refractivity contribution is 5.90. The molecule has 0 bridgehead atoms. The van der Waals surface area contributed by atoms with E-state index in [0.717, 1.165) is 17.1 Å². The molecule has 2 aromatic rings. The van der Waals surface area contributed by atoms with Crippen molar-refractivity contribution in [1.82, 2.24) is 9.55 Å². The molecule has 0 saturated carbocycles. The zero-order chi connectivity index (χ0) is 13.0. The van der Waals surface area contributed by atoms with Crippen LogP contribution in [0.25, 0.3) is 0 Å². The Kier molecular flexibility index (Phi) is 3.74. The maximum Gasteiger partial charge on any atom is 0.244 e. The first kappa shape index (κ1) is 12.3. The third-order valence-electron chi connectivity index (χ3n) is 2.68. The molecule has 0 spiro atoms. The smallest absolute Gasteiger partial charge is 0.244 e. The summed E-state index contributed by atoms with van der Waals surface area (Å²) in [6.07, 6.45) is 3.46. The van der Waals surface area contributed by atoms with Crippen molar-refractivity contribution in [3.8, 4) is 0 Å². The number of hydrogen-bond acceptors (Lipinski definition) is 3. The van der Waals surface area contributed by atoms with Gasteiger partial charge in [0.1, 0.15) is 12.4 Å². The average molecular weight is 244 g/mol. The lowest BCUT2D eigenvalue weighted by Crippen LogP contribution is -2.19. The molecule has 0 atom stereocenters. The number of anilines is 1. The molecular weight excluding hydrogens is 228 g/mol. The van der Waals surface area contributed by atoms with E-state index in [0.29, 0.717) is 6.54 Å². The fraction of sp³-hybridized carbons (Fsp3) is 0.231. The number of nitrogens with zero attached hydrogens (tertiary/aromatic N) is 2. The summed E-state index contributed by atoms with van der Waals surface area (Å²) >= 11 is 0. The van der Waals surface area contributed by atoms with E-state index in [-0.39, 0.29) is 12.5 Å². The number of carbonyl (C=O) groups excluding carboxylic acids is 1. The molecule has 5 nitrogen and oxygen atoms in total. The fourth-order valence-corrected chi connectivity index (χ4v) is 1.70. The topological polar surface area (TPSA) is 72.9 Å². The monoisotopic (exact) mass is 244 g/mol. The van der Waals surface area contributed by atoms with E-state index in [9.17, 15) is 4.79 Å². The summed E-state index contributed by atoms with van der Waals surface area (Å²) in [4.78, 5) is 15.9. The van der Waals surface area contributed by atoms with Gasteiger partial charge in [0.15, 0.2) is 0 Å². The molecule has 1 amide bonds. The van der Waals surface area contributed by atoms with E-state index in [4.69, 9.17) is 5.73 Å². The highest BCUT2D eigenvalue weighted by Crippen LogP contribution is 2.10. The van der Waals surface area contributed by atoms with Gasteiger partial charge in [0.05, 0.1) is 0 Å². The number of hydrogen-bond donors (Lipinski definition) is 2. The fourth-order valence-electron chi connectivity index (χ4n) is 1.70. The lowest BCUT2D eigenvalue weighted by atomic mass is 10.2. The molecular formula is C13H16N4O. The molecule has 5 heteroatoms. The highest BCUT2D eigenvalue weighted by Gasteiger charge is 2.05. The number of amides is 1. The lowest BCUT2D eigenvalue weighted by molar-refractivity contribution is -0.116. The quantitative estimate of drug-likeness (QED) is 0.851. The van der Waals surface area contributed by atoms with Crippen molar-refractivity contribution in [3.63, 3.8) is 0 Å². The number of imidazole rings is 1. The van der Waals surface area contributed by atoms with Crippen LogP contribution >= 0.6 is 0 Å². The second-order valence-corrected chi connectivity index (χ2v) is 4.06. The van der Waals surface area contributed by atoms with E-state index in [1.807, 2.05) is 31.2 Å². The van der Waals surface area contributed by atoms with E-state index in [2.05, 4.69) is 10.3 Å². The summed E-state index contributed by atoms with van der Waals surface area (Å²) in [6.45, 7) is 2.59. The first-order valence-corrected chi connectivity index (χ1v) is 5.75. The summed E-state index contributed by atoms with van der Waals surface area (Å²) in [5, 5.41) is 2.84. The number of nitrogens with one attached hydrogen (secondary N) is 1. The Balaban J connectivity index is 2.01. The minimum absolute atomic E-state index is 0.0785. The Labute approximate surface area is 106 Å². The molecule has 1 aromatic carbocycles. The van der Waals surface area contributed by atoms with Gasteiger partial charge in [-0.15, -0.1) is 0 Å². The predicted octanol–water partition coefficient (Wildman–Crippen LogP) is 1.29. The van der Waals surface area contributed by atoms with Crippen LogP contribution in [0.15, 0.2) is 36.7 Å². The van der Waals surface area contributed by atoms with Crippen LogP contribution in [0.2, 0.25) is 0 Å². The van der Waals surface area contributed by atoms with E-state index < -0.39 is 0 Å². The number of aromatic nitrogens is 2. The molecule has 0 aliphatic rings. The van der Waals surface area contributed by atoms with Crippen LogP contribution in [0.5, 0.6) is 0 Å². The van der Waals surface area contributed by atoms with Crippen LogP contribution in [0.1, 0.15) is 11.4 Å². The largest absolute Gasteiger partial charge is 0.326 e. The highest BCUT2D eigenvalue weighted by atomic mass is 16.1. The molecule has 18 heavy (non-hydrogen) atoms. The Morgan fingerprint density at radius 1 is 1.50 bits per heavy atom. The van der Waals surface area contributed by atoms with Crippen molar-refractivity contribution in [2.75, 3.05) is 5.32 Å². The van der Waals surface area contributed by atoms with Gasteiger partial charge in [-0.25, -0.2) is 4.98 Å². The summed E-state index contributed by atoms with van der Waals surface area (Å²) in [5.41, 5.74) is 7.31. The van der Waals surface area contributed by atoms with E-state index in [1.54, 1.807) is 17.0 Å². The average Bonchev–Trinajstić information content (AvgIpc) is 2.75. The number of benzene rings is 1. The molecule has 2 rings (SSSR count). The molecule has 0 aliphatic carbocycles. The van der Waals surface area contributed by atoms with Crippen LogP contribution < -0.4 is 11.1 Å². The number of carbonyl (C=O) groups is 1. The predicted molar refractivity (Wildman–Crippen MR) is 69.9 cm³/mol. The second kappa shape index (κ2) is 5.46. The Morgan fingerprint density at radius 3 is 3.00 bits per heavy atom. The van der Waals surface area contributed by atoms with Crippen LogP contribution in [0, 0.1) is 6.92 Å². The van der Waals surface area contributed by atoms with Gasteiger partial charge < -0.3 is 15.6 Å². The summed E-state index contributed by atoms with van der Waals surface area (Å²) in [6, 6.07) is 7.52. The van der Waals surface area contributed by atoms with Gasteiger partial charge in [-0.2, -0.15) is 0 Å². The van der Waals surface area contributed by atoms with Gasteiger partial charge in [0.25, 0.3) is 0 Å². The minimum atomic E-state index is -0.0785. The normalized spacial score (nSPS) is 10.3. The standard InChI is InChI=1S/C13H16N4O/c1-10-15-5-6-17(10)9-13(18)16-12-4-2-3-11(7-12)8-14/h2-7H,8-9,14H2,1H3,(H,16,18). The first-order chi connectivity index (χ1) is 8.69. The lowest BCUT2D eigenvalue weighted by Gasteiger charge is -2.08. The molecule has 0 fully saturated rings. The number of aryl methyl sites for hydroxylation is 1. The van der Waals surface area contributed by atoms with Crippen LogP contribution in [-0.4, -0.2) is 15.5 Å². The van der Waals surface area contributed by atoms with Crippen molar-refractivity contribution in [2.24, 2.45) is 5.73 Å². The van der Waals surface area contributed by atoms with Crippen molar-refractivity contribution in [3.05, 3.63) is 48.0 Å². The van der Waals surface area contributed by atoms with Crippen molar-refractivity contribution in [1.29, 1.82) is 0 Å². The first-order valence-electron chi connectivity index (χ1n) is 5.75. The SMILES string of the molecule is Cc1nccn1CC(=O)Nc1cccc(CN)c1. The third-order valence-corrected chi connectivity index (χ3v) is 2.68. The van der Waals surface area contributed by atoms with Gasteiger partial charge in [0.2, 0.25) is 5.91 Å². The molecule has 3 N–H and O–H groups in total. The molecule has 0 unspecified atom stereocenters. The molecule has 1 heterocycles. The maximum absolute atomic E-state index is 11.8. The third kappa shape index (κ3) is 2.95. The summed E-state index contributed by atoms with van der Waals surface area (Å²) in [7, 11) is 0. The molecule has 0 saturated heterocycles. The van der Waals surface area contributed by atoms with Crippen molar-refractivity contribution >= 4 is 11.6 Å². The van der Waals surface area contributed by atoms with Crippen LogP contribution in [0.3, 0.4) is 0 Å². The minimum Gasteiger partial charge on any atom is -0.326 e. The molecule has 0 radical (unpaired) electrons. The summed E-state index contributed by atoms with van der Waals surface area (Å²) in [5.74, 6) is 0.742. The zero-order valence-electron chi connectivity index (χ0n) is 10.3. The molecule has 0 aliphatic heterocycles. The van der Waals surface area contributed by atoms with Crippen molar-refractivity contribution in [2.45, 2.75) is 20.0 Å². The summed E-state index contributed by atoms with van der Waals surface area (Å²) < 4.78 is 1.79. The second-order valence-electron chi connectivity index (χ2n) is 4.06. The Morgan fingerprint density at radius 2 is 2.33 bits per heavy atom. The number of nitrogens with two attached hydrogens (primary N) is 1. The van der Waals surface area contributed by atoms with Crippen LogP contribution in [-0.2, 0) is 17.9 Å². The van der Waals surface area contributed by atoms with E-state index in [1.165, 1.54) is 0 Å². The van der Waals surface area contributed by atoms with Gasteiger partial charge in [0, 0.05) is 24.6 Å². The Bertz CT molecular complexity index is 547. The van der Waals surface area contributed by atoms with Gasteiger partial charge >= 0.3 is 0 Å². The van der Waals surface area contributed by atoms with E-state index >= 15 is 0 Å². The van der Waals surface area contributed by atoms with Gasteiger partial charge in [-0.05, 0) is 24.6 Å². The van der Waals surface area contributed by atoms with Crippen molar-refractivity contribution < 1.29 is 4.79 Å². The van der Waals surface area contributed by atoms with Crippen LogP contribution in [0.4, 0.5) is 5.69 Å². The van der Waals surface area contributed by atoms with Gasteiger partial charge in [-0.3, -0.25) is 4.79 Å². The Hall–Kier alpha value is -2.14. The molecule has 1 aromatic heterocycles. The number of rotatable bonds is 4. The molecule has 94 valence electrons. The van der Waals surface area contributed by atoms with Gasteiger partial charge in [-0.1, -0.05) is 12.1 Å².